The standard InChI is InChI=1S/C17H33NO3/c1-3-4-5-6-7-8-12-18(13-11-17(19)20-2)15-16-10-9-14-21-16/h16H,3-15H2,1-2H3. The molecule has 4 heteroatoms. The predicted octanol–water partition coefficient (Wildman–Crippen LogP) is 3.39. The highest BCUT2D eigenvalue weighted by Crippen LogP contribution is 2.14. The zero-order valence-electron chi connectivity index (χ0n) is 13.9. The lowest BCUT2D eigenvalue weighted by molar-refractivity contribution is -0.141. The van der Waals surface area contributed by atoms with Crippen molar-refractivity contribution in [2.75, 3.05) is 33.4 Å². The summed E-state index contributed by atoms with van der Waals surface area (Å²) >= 11 is 0. The minimum atomic E-state index is -0.115. The number of hydrogen-bond acceptors (Lipinski definition) is 4. The molecule has 0 aromatic heterocycles. The molecule has 0 amide bonds. The van der Waals surface area contributed by atoms with Gasteiger partial charge in [-0.15, -0.1) is 0 Å². The number of carbonyl (C=O) groups is 1. The van der Waals surface area contributed by atoms with E-state index in [-0.39, 0.29) is 5.97 Å². The fourth-order valence-electron chi connectivity index (χ4n) is 2.84. The van der Waals surface area contributed by atoms with E-state index < -0.39 is 0 Å². The first kappa shape index (κ1) is 18.4. The van der Waals surface area contributed by atoms with E-state index in [0.717, 1.165) is 32.7 Å². The van der Waals surface area contributed by atoms with Gasteiger partial charge in [0.2, 0.25) is 0 Å². The highest BCUT2D eigenvalue weighted by molar-refractivity contribution is 5.69. The Balaban J connectivity index is 2.20. The van der Waals surface area contributed by atoms with Crippen molar-refractivity contribution in [3.63, 3.8) is 0 Å². The molecule has 1 atom stereocenters. The minimum absolute atomic E-state index is 0.115. The smallest absolute Gasteiger partial charge is 0.306 e. The minimum Gasteiger partial charge on any atom is -0.469 e. The number of nitrogens with zero attached hydrogens (tertiary/aromatic N) is 1. The molecule has 4 nitrogen and oxygen atoms in total. The summed E-state index contributed by atoms with van der Waals surface area (Å²) in [5.41, 5.74) is 0. The molecule has 0 radical (unpaired) electrons. The van der Waals surface area contributed by atoms with Gasteiger partial charge in [-0.3, -0.25) is 4.79 Å². The Morgan fingerprint density at radius 3 is 2.62 bits per heavy atom. The lowest BCUT2D eigenvalue weighted by atomic mass is 10.1. The number of ether oxygens (including phenoxy) is 2. The Kier molecular flexibility index (Phi) is 10.5. The van der Waals surface area contributed by atoms with Crippen molar-refractivity contribution in [2.24, 2.45) is 0 Å². The van der Waals surface area contributed by atoms with Gasteiger partial charge in [0.05, 0.1) is 19.6 Å². The summed E-state index contributed by atoms with van der Waals surface area (Å²) in [5.74, 6) is -0.115. The average Bonchev–Trinajstić information content (AvgIpc) is 3.00. The molecule has 21 heavy (non-hydrogen) atoms. The van der Waals surface area contributed by atoms with Crippen LogP contribution in [-0.4, -0.2) is 50.3 Å². The van der Waals surface area contributed by atoms with Gasteiger partial charge in [0.25, 0.3) is 0 Å². The molecule has 0 bridgehead atoms. The van der Waals surface area contributed by atoms with E-state index in [2.05, 4.69) is 11.8 Å². The molecule has 0 aromatic carbocycles. The van der Waals surface area contributed by atoms with E-state index in [0.29, 0.717) is 12.5 Å². The third kappa shape index (κ3) is 9.10. The second-order valence-electron chi connectivity index (χ2n) is 6.03. The van der Waals surface area contributed by atoms with Crippen molar-refractivity contribution >= 4 is 5.97 Å². The van der Waals surface area contributed by atoms with Crippen LogP contribution >= 0.6 is 0 Å². The molecule has 1 rings (SSSR count). The molecular formula is C17H33NO3. The summed E-state index contributed by atoms with van der Waals surface area (Å²) in [4.78, 5) is 13.7. The van der Waals surface area contributed by atoms with Crippen molar-refractivity contribution in [3.8, 4) is 0 Å². The molecule has 124 valence electrons. The molecule has 1 saturated heterocycles. The summed E-state index contributed by atoms with van der Waals surface area (Å²) in [7, 11) is 1.46. The summed E-state index contributed by atoms with van der Waals surface area (Å²) in [6.45, 7) is 5.97. The first-order valence-electron chi connectivity index (χ1n) is 8.67. The number of unbranched alkanes of at least 4 members (excludes halogenated alkanes) is 5. The molecule has 0 saturated carbocycles. The number of rotatable bonds is 12. The highest BCUT2D eigenvalue weighted by Gasteiger charge is 2.19. The SMILES string of the molecule is CCCCCCCCN(CCC(=O)OC)CC1CCCO1. The van der Waals surface area contributed by atoms with E-state index in [4.69, 9.17) is 9.47 Å². The molecule has 1 unspecified atom stereocenters. The van der Waals surface area contributed by atoms with E-state index >= 15 is 0 Å². The fraction of sp³-hybridized carbons (Fsp3) is 0.941. The summed E-state index contributed by atoms with van der Waals surface area (Å²) < 4.78 is 10.5. The van der Waals surface area contributed by atoms with Gasteiger partial charge in [0, 0.05) is 19.7 Å². The third-order valence-corrected chi connectivity index (χ3v) is 4.17. The molecule has 0 N–H and O–H groups in total. The Morgan fingerprint density at radius 1 is 1.19 bits per heavy atom. The molecular weight excluding hydrogens is 266 g/mol. The van der Waals surface area contributed by atoms with E-state index in [1.165, 1.54) is 52.1 Å². The first-order valence-corrected chi connectivity index (χ1v) is 8.67. The van der Waals surface area contributed by atoms with Crippen LogP contribution in [0.4, 0.5) is 0 Å². The van der Waals surface area contributed by atoms with Crippen molar-refractivity contribution in [3.05, 3.63) is 0 Å². The van der Waals surface area contributed by atoms with Gasteiger partial charge in [-0.05, 0) is 25.8 Å². The van der Waals surface area contributed by atoms with Gasteiger partial charge in [0.15, 0.2) is 0 Å². The predicted molar refractivity (Wildman–Crippen MR) is 85.4 cm³/mol. The van der Waals surface area contributed by atoms with E-state index in [1.54, 1.807) is 0 Å². The van der Waals surface area contributed by atoms with Crippen LogP contribution in [0.1, 0.15) is 64.7 Å². The number of esters is 1. The van der Waals surface area contributed by atoms with Crippen LogP contribution in [0.25, 0.3) is 0 Å². The maximum absolute atomic E-state index is 11.3. The van der Waals surface area contributed by atoms with Crippen LogP contribution in [0.15, 0.2) is 0 Å². The summed E-state index contributed by atoms with van der Waals surface area (Å²) in [6, 6.07) is 0. The second-order valence-corrected chi connectivity index (χ2v) is 6.03. The molecule has 0 spiro atoms. The Hall–Kier alpha value is -0.610. The largest absolute Gasteiger partial charge is 0.469 e. The Bertz CT molecular complexity index is 265. The van der Waals surface area contributed by atoms with E-state index in [9.17, 15) is 4.79 Å². The highest BCUT2D eigenvalue weighted by atomic mass is 16.5. The van der Waals surface area contributed by atoms with Gasteiger partial charge >= 0.3 is 5.97 Å². The molecule has 1 heterocycles. The molecule has 0 aliphatic carbocycles. The second kappa shape index (κ2) is 12.0. The van der Waals surface area contributed by atoms with E-state index in [1.807, 2.05) is 0 Å². The zero-order valence-corrected chi connectivity index (χ0v) is 13.9. The normalized spacial score (nSPS) is 18.3. The number of methoxy groups -OCH3 is 1. The van der Waals surface area contributed by atoms with Crippen molar-refractivity contribution < 1.29 is 14.3 Å². The quantitative estimate of drug-likeness (QED) is 0.409. The Morgan fingerprint density at radius 2 is 1.95 bits per heavy atom. The van der Waals surface area contributed by atoms with Crippen LogP contribution in [0.5, 0.6) is 0 Å². The van der Waals surface area contributed by atoms with Crippen LogP contribution in [-0.2, 0) is 14.3 Å². The zero-order chi connectivity index (χ0) is 15.3. The molecule has 1 aliphatic heterocycles. The third-order valence-electron chi connectivity index (χ3n) is 4.17. The topological polar surface area (TPSA) is 38.8 Å². The molecule has 1 aliphatic rings. The van der Waals surface area contributed by atoms with Gasteiger partial charge in [-0.1, -0.05) is 39.0 Å². The lowest BCUT2D eigenvalue weighted by Crippen LogP contribution is -2.34. The van der Waals surface area contributed by atoms with Gasteiger partial charge in [-0.2, -0.15) is 0 Å². The maximum atomic E-state index is 11.3. The van der Waals surface area contributed by atoms with Crippen LogP contribution in [0, 0.1) is 0 Å². The molecule has 1 fully saturated rings. The number of hydrogen-bond donors (Lipinski definition) is 0. The van der Waals surface area contributed by atoms with Gasteiger partial charge < -0.3 is 14.4 Å². The first-order chi connectivity index (χ1) is 10.3. The van der Waals surface area contributed by atoms with Crippen molar-refractivity contribution in [1.29, 1.82) is 0 Å². The molecule has 0 aromatic rings. The van der Waals surface area contributed by atoms with Gasteiger partial charge in [-0.25, -0.2) is 0 Å². The Labute approximate surface area is 130 Å². The average molecular weight is 299 g/mol. The summed E-state index contributed by atoms with van der Waals surface area (Å²) in [6.07, 6.45) is 11.0. The van der Waals surface area contributed by atoms with Crippen LogP contribution < -0.4 is 0 Å². The van der Waals surface area contributed by atoms with Crippen molar-refractivity contribution in [2.45, 2.75) is 70.8 Å². The lowest BCUT2D eigenvalue weighted by Gasteiger charge is -2.24. The maximum Gasteiger partial charge on any atom is 0.306 e. The van der Waals surface area contributed by atoms with Crippen LogP contribution in [0.2, 0.25) is 0 Å². The van der Waals surface area contributed by atoms with Crippen LogP contribution in [0.3, 0.4) is 0 Å². The monoisotopic (exact) mass is 299 g/mol. The summed E-state index contributed by atoms with van der Waals surface area (Å²) in [5, 5.41) is 0. The number of carbonyl (C=O) groups excluding carboxylic acids is 1. The fourth-order valence-corrected chi connectivity index (χ4v) is 2.84. The van der Waals surface area contributed by atoms with Gasteiger partial charge in [0.1, 0.15) is 0 Å². The van der Waals surface area contributed by atoms with Crippen molar-refractivity contribution in [1.82, 2.24) is 4.90 Å².